The van der Waals surface area contributed by atoms with Gasteiger partial charge in [0, 0.05) is 7.26 Å². The van der Waals surface area contributed by atoms with Crippen molar-refractivity contribution >= 4 is 18.5 Å². The monoisotopic (exact) mass is 344 g/mol. The van der Waals surface area contributed by atoms with Crippen molar-refractivity contribution in [2.24, 2.45) is 5.41 Å². The summed E-state index contributed by atoms with van der Waals surface area (Å²) in [7, 11) is -0.984. The average Bonchev–Trinajstić information content (AvgIpc) is 2.36. The molecule has 126 valence electrons. The summed E-state index contributed by atoms with van der Waals surface area (Å²) in [4.78, 5) is 11.7. The lowest BCUT2D eigenvalue weighted by molar-refractivity contribution is -0.153. The summed E-state index contributed by atoms with van der Waals surface area (Å²) in [6.07, 6.45) is 3.06. The van der Waals surface area contributed by atoms with Crippen LogP contribution in [0.5, 0.6) is 0 Å². The molecule has 0 aliphatic carbocycles. The summed E-state index contributed by atoms with van der Waals surface area (Å²) < 4.78 is 5.31. The SMILES string of the molecule is CC(C)(C)C(=O)OCCCCc1ccccc1[P+](C)(C)C.[Cl-]. The maximum absolute atomic E-state index is 11.7. The van der Waals surface area contributed by atoms with Gasteiger partial charge in [-0.2, -0.15) is 0 Å². The predicted molar refractivity (Wildman–Crippen MR) is 94.1 cm³/mol. The zero-order chi connectivity index (χ0) is 16.1. The highest BCUT2D eigenvalue weighted by Gasteiger charge is 2.24. The summed E-state index contributed by atoms with van der Waals surface area (Å²) in [5.41, 5.74) is 1.06. The number of esters is 1. The highest BCUT2D eigenvalue weighted by Crippen LogP contribution is 2.46. The topological polar surface area (TPSA) is 26.3 Å². The first kappa shape index (κ1) is 21.4. The second-order valence-corrected chi connectivity index (χ2v) is 12.0. The molecular formula is C18H30ClO2P. The van der Waals surface area contributed by atoms with Gasteiger partial charge in [-0.05, 0) is 51.7 Å². The Labute approximate surface area is 142 Å². The molecule has 2 nitrogen and oxygen atoms in total. The number of ether oxygens (including phenoxy) is 1. The Balaban J connectivity index is 0.00000441. The molecule has 0 bridgehead atoms. The lowest BCUT2D eigenvalue weighted by atomic mass is 9.97. The molecule has 0 unspecified atom stereocenters. The number of benzene rings is 1. The molecule has 0 aliphatic rings. The Bertz CT molecular complexity index is 473. The first-order valence-electron chi connectivity index (χ1n) is 7.69. The molecule has 1 aromatic carbocycles. The van der Waals surface area contributed by atoms with E-state index in [1.165, 1.54) is 10.9 Å². The third-order valence-corrected chi connectivity index (χ3v) is 5.28. The van der Waals surface area contributed by atoms with Crippen molar-refractivity contribution in [2.75, 3.05) is 26.6 Å². The standard InChI is InChI=1S/C18H30O2P.ClH/c1-18(2,3)17(19)20-14-10-9-12-15-11-7-8-13-16(15)21(4,5)6;/h7-8,11,13H,9-10,12,14H2,1-6H3;1H/q+1;/p-1. The number of hydrogen-bond donors (Lipinski definition) is 0. The quantitative estimate of drug-likeness (QED) is 0.439. The van der Waals surface area contributed by atoms with Crippen LogP contribution < -0.4 is 17.7 Å². The number of hydrogen-bond acceptors (Lipinski definition) is 2. The van der Waals surface area contributed by atoms with Crippen LogP contribution in [0.3, 0.4) is 0 Å². The Morgan fingerprint density at radius 2 is 1.68 bits per heavy atom. The van der Waals surface area contributed by atoms with E-state index in [4.69, 9.17) is 4.74 Å². The molecule has 0 saturated carbocycles. The average molecular weight is 345 g/mol. The molecule has 0 spiro atoms. The Morgan fingerprint density at radius 1 is 1.09 bits per heavy atom. The summed E-state index contributed by atoms with van der Waals surface area (Å²) in [6, 6.07) is 8.76. The third-order valence-electron chi connectivity index (χ3n) is 3.40. The third kappa shape index (κ3) is 7.11. The van der Waals surface area contributed by atoms with Crippen LogP contribution in [0.15, 0.2) is 24.3 Å². The number of halogens is 1. The maximum Gasteiger partial charge on any atom is 0.311 e. The van der Waals surface area contributed by atoms with Gasteiger partial charge in [-0.25, -0.2) is 0 Å². The minimum absolute atomic E-state index is 0. The highest BCUT2D eigenvalue weighted by atomic mass is 35.5. The van der Waals surface area contributed by atoms with Gasteiger partial charge in [0.2, 0.25) is 0 Å². The van der Waals surface area contributed by atoms with E-state index in [-0.39, 0.29) is 18.4 Å². The summed E-state index contributed by atoms with van der Waals surface area (Å²) in [5.74, 6) is -0.108. The first-order chi connectivity index (χ1) is 9.62. The molecule has 0 amide bonds. The first-order valence-corrected chi connectivity index (χ1v) is 10.8. The minimum atomic E-state index is -0.984. The van der Waals surface area contributed by atoms with Gasteiger partial charge in [-0.1, -0.05) is 18.2 Å². The summed E-state index contributed by atoms with van der Waals surface area (Å²) in [5, 5.41) is 1.52. The summed E-state index contributed by atoms with van der Waals surface area (Å²) >= 11 is 0. The lowest BCUT2D eigenvalue weighted by Gasteiger charge is -2.17. The van der Waals surface area contributed by atoms with Crippen molar-refractivity contribution in [3.05, 3.63) is 29.8 Å². The van der Waals surface area contributed by atoms with E-state index in [0.29, 0.717) is 6.61 Å². The van der Waals surface area contributed by atoms with Crippen LogP contribution in [0.2, 0.25) is 0 Å². The molecule has 1 rings (SSSR count). The molecule has 0 radical (unpaired) electrons. The highest BCUT2D eigenvalue weighted by molar-refractivity contribution is 7.81. The largest absolute Gasteiger partial charge is 1.00 e. The van der Waals surface area contributed by atoms with Crippen LogP contribution >= 0.6 is 7.26 Å². The molecule has 0 fully saturated rings. The van der Waals surface area contributed by atoms with E-state index < -0.39 is 12.7 Å². The fourth-order valence-electron chi connectivity index (χ4n) is 2.18. The maximum atomic E-state index is 11.7. The molecule has 0 N–H and O–H groups in total. The molecule has 0 atom stereocenters. The van der Waals surface area contributed by atoms with Gasteiger partial charge < -0.3 is 17.1 Å². The van der Waals surface area contributed by atoms with Crippen LogP contribution in [0, 0.1) is 5.41 Å². The van der Waals surface area contributed by atoms with Crippen LogP contribution in [0.25, 0.3) is 0 Å². The van der Waals surface area contributed by atoms with E-state index in [1.54, 1.807) is 0 Å². The summed E-state index contributed by atoms with van der Waals surface area (Å²) in [6.45, 7) is 13.3. The van der Waals surface area contributed by atoms with Crippen molar-refractivity contribution in [3.8, 4) is 0 Å². The molecule has 0 aromatic heterocycles. The van der Waals surface area contributed by atoms with Crippen molar-refractivity contribution in [2.45, 2.75) is 40.0 Å². The van der Waals surface area contributed by atoms with Gasteiger partial charge >= 0.3 is 5.97 Å². The molecule has 4 heteroatoms. The van der Waals surface area contributed by atoms with Gasteiger partial charge in [0.25, 0.3) is 0 Å². The molecule has 22 heavy (non-hydrogen) atoms. The molecular weight excluding hydrogens is 315 g/mol. The van der Waals surface area contributed by atoms with E-state index >= 15 is 0 Å². The van der Waals surface area contributed by atoms with Gasteiger partial charge in [0.1, 0.15) is 0 Å². The molecule has 0 aliphatic heterocycles. The van der Waals surface area contributed by atoms with Gasteiger partial charge in [-0.3, -0.25) is 4.79 Å². The minimum Gasteiger partial charge on any atom is -1.00 e. The van der Waals surface area contributed by atoms with Crippen LogP contribution in [-0.2, 0) is 16.0 Å². The second-order valence-electron chi connectivity index (χ2n) is 7.48. The number of carbonyl (C=O) groups is 1. The zero-order valence-electron chi connectivity index (χ0n) is 14.8. The normalized spacial score (nSPS) is 11.7. The van der Waals surface area contributed by atoms with Crippen molar-refractivity contribution in [3.63, 3.8) is 0 Å². The van der Waals surface area contributed by atoms with Crippen LogP contribution in [-0.4, -0.2) is 32.6 Å². The number of rotatable bonds is 6. The number of unbranched alkanes of at least 4 members (excludes halogenated alkanes) is 1. The van der Waals surface area contributed by atoms with Gasteiger partial charge in [0.15, 0.2) is 0 Å². The van der Waals surface area contributed by atoms with Crippen molar-refractivity contribution < 1.29 is 21.9 Å². The van der Waals surface area contributed by atoms with Gasteiger partial charge in [0.05, 0.1) is 37.3 Å². The van der Waals surface area contributed by atoms with E-state index in [9.17, 15) is 4.79 Å². The molecule has 0 saturated heterocycles. The number of carbonyl (C=O) groups excluding carboxylic acids is 1. The molecule has 0 heterocycles. The van der Waals surface area contributed by atoms with Crippen LogP contribution in [0.1, 0.15) is 39.2 Å². The van der Waals surface area contributed by atoms with Crippen molar-refractivity contribution in [1.29, 1.82) is 0 Å². The van der Waals surface area contributed by atoms with E-state index in [2.05, 4.69) is 44.3 Å². The zero-order valence-corrected chi connectivity index (χ0v) is 16.4. The Morgan fingerprint density at radius 3 is 2.23 bits per heavy atom. The van der Waals surface area contributed by atoms with Crippen molar-refractivity contribution in [1.82, 2.24) is 0 Å². The van der Waals surface area contributed by atoms with Gasteiger partial charge in [-0.15, -0.1) is 0 Å². The Hall–Kier alpha value is -0.590. The lowest BCUT2D eigenvalue weighted by Crippen LogP contribution is -3.00. The van der Waals surface area contributed by atoms with E-state index in [0.717, 1.165) is 19.3 Å². The van der Waals surface area contributed by atoms with Crippen LogP contribution in [0.4, 0.5) is 0 Å². The van der Waals surface area contributed by atoms with E-state index in [1.807, 2.05) is 20.8 Å². The fraction of sp³-hybridized carbons (Fsp3) is 0.611. The predicted octanol–water partition coefficient (Wildman–Crippen LogP) is 1.13. The smallest absolute Gasteiger partial charge is 0.311 e. The number of aryl methyl sites for hydroxylation is 1. The Kier molecular flexibility index (Phi) is 8.65. The second kappa shape index (κ2) is 8.89. The molecule has 1 aromatic rings. The fourth-order valence-corrected chi connectivity index (χ4v) is 3.76.